The Morgan fingerprint density at radius 1 is 0.920 bits per heavy atom. The van der Waals surface area contributed by atoms with Gasteiger partial charge in [-0.25, -0.2) is 4.79 Å². The molecule has 2 aliphatic carbocycles. The molecule has 0 spiro atoms. The summed E-state index contributed by atoms with van der Waals surface area (Å²) in [5.41, 5.74) is 0. The van der Waals surface area contributed by atoms with E-state index >= 15 is 0 Å². The lowest BCUT2D eigenvalue weighted by atomic mass is 9.82. The van der Waals surface area contributed by atoms with Gasteiger partial charge in [0, 0.05) is 25.2 Å². The zero-order chi connectivity index (χ0) is 17.2. The highest BCUT2D eigenvalue weighted by Gasteiger charge is 2.44. The van der Waals surface area contributed by atoms with Crippen LogP contribution in [0.5, 0.6) is 0 Å². The van der Waals surface area contributed by atoms with Crippen LogP contribution in [0.4, 0.5) is 4.79 Å². The first-order valence-corrected chi connectivity index (χ1v) is 11.1. The zero-order valence-electron chi connectivity index (χ0n) is 16.1. The second-order valence-electron chi connectivity index (χ2n) is 9.05. The molecule has 2 atom stereocenters. The number of urea groups is 1. The average Bonchev–Trinajstić information content (AvgIpc) is 2.98. The number of rotatable bonds is 4. The van der Waals surface area contributed by atoms with Gasteiger partial charge in [0.2, 0.25) is 0 Å². The molecule has 2 saturated heterocycles. The maximum Gasteiger partial charge on any atom is 0.318 e. The van der Waals surface area contributed by atoms with Crippen LogP contribution in [0.3, 0.4) is 0 Å². The minimum atomic E-state index is 0.232. The average molecular weight is 348 g/mol. The molecule has 4 aliphatic rings. The van der Waals surface area contributed by atoms with Gasteiger partial charge in [0.15, 0.2) is 0 Å². The monoisotopic (exact) mass is 347 g/mol. The molecule has 4 nitrogen and oxygen atoms in total. The molecule has 2 saturated carbocycles. The number of piperidine rings is 1. The van der Waals surface area contributed by atoms with Gasteiger partial charge in [-0.15, -0.1) is 0 Å². The second kappa shape index (κ2) is 7.85. The Hall–Kier alpha value is -0.770. The van der Waals surface area contributed by atoms with Crippen LogP contribution in [0.1, 0.15) is 84.0 Å². The molecule has 0 aromatic rings. The standard InChI is InChI=1S/C21H37N3O/c1-2-5-16-8-10-17(11-9-16)23-14-12-18(13-15-23)24-20-7-4-3-6-19(20)22-21(24)25/h16-20H,2-15H2,1H3,(H,22,25)/t16?,17?,19-,20-/m1/s1. The van der Waals surface area contributed by atoms with Crippen LogP contribution in [0.15, 0.2) is 0 Å². The number of amides is 2. The smallest absolute Gasteiger partial charge is 0.318 e. The quantitative estimate of drug-likeness (QED) is 0.829. The van der Waals surface area contributed by atoms with Crippen molar-refractivity contribution in [3.63, 3.8) is 0 Å². The van der Waals surface area contributed by atoms with E-state index in [2.05, 4.69) is 22.0 Å². The lowest BCUT2D eigenvalue weighted by Gasteiger charge is -2.44. The Morgan fingerprint density at radius 2 is 1.64 bits per heavy atom. The van der Waals surface area contributed by atoms with Gasteiger partial charge in [-0.2, -0.15) is 0 Å². The fourth-order valence-corrected chi connectivity index (χ4v) is 6.17. The van der Waals surface area contributed by atoms with Crippen molar-refractivity contribution in [1.29, 1.82) is 0 Å². The second-order valence-corrected chi connectivity index (χ2v) is 9.05. The van der Waals surface area contributed by atoms with E-state index in [0.717, 1.165) is 12.0 Å². The van der Waals surface area contributed by atoms with E-state index in [1.165, 1.54) is 90.1 Å². The van der Waals surface area contributed by atoms with E-state index < -0.39 is 0 Å². The van der Waals surface area contributed by atoms with E-state index in [-0.39, 0.29) is 6.03 Å². The predicted molar refractivity (Wildman–Crippen MR) is 102 cm³/mol. The van der Waals surface area contributed by atoms with Gasteiger partial charge in [0.05, 0.1) is 12.1 Å². The first-order chi connectivity index (χ1) is 12.3. The van der Waals surface area contributed by atoms with Gasteiger partial charge in [-0.05, 0) is 57.3 Å². The Labute approximate surface area is 153 Å². The third kappa shape index (κ3) is 3.70. The molecule has 0 aromatic heterocycles. The highest BCUT2D eigenvalue weighted by atomic mass is 16.2. The minimum absolute atomic E-state index is 0.232. The van der Waals surface area contributed by atoms with E-state index in [9.17, 15) is 4.79 Å². The van der Waals surface area contributed by atoms with Gasteiger partial charge in [-0.3, -0.25) is 0 Å². The predicted octanol–water partition coefficient (Wildman–Crippen LogP) is 4.15. The number of hydrogen-bond donors (Lipinski definition) is 1. The van der Waals surface area contributed by atoms with Crippen LogP contribution in [0.25, 0.3) is 0 Å². The molecule has 0 aromatic carbocycles. The third-order valence-corrected chi connectivity index (χ3v) is 7.55. The maximum absolute atomic E-state index is 12.5. The van der Waals surface area contributed by atoms with Crippen molar-refractivity contribution in [2.45, 2.75) is 108 Å². The molecule has 4 fully saturated rings. The molecule has 2 aliphatic heterocycles. The summed E-state index contributed by atoms with van der Waals surface area (Å²) in [4.78, 5) is 17.5. The molecular formula is C21H37N3O. The molecule has 4 rings (SSSR count). The summed E-state index contributed by atoms with van der Waals surface area (Å²) in [5, 5.41) is 3.27. The van der Waals surface area contributed by atoms with Gasteiger partial charge in [-0.1, -0.05) is 32.6 Å². The number of fused-ring (bicyclic) bond motifs is 1. The minimum Gasteiger partial charge on any atom is -0.333 e. The number of hydrogen-bond acceptors (Lipinski definition) is 2. The number of nitrogens with one attached hydrogen (secondary N) is 1. The van der Waals surface area contributed by atoms with Crippen molar-refractivity contribution in [3.8, 4) is 0 Å². The lowest BCUT2D eigenvalue weighted by molar-refractivity contribution is 0.0636. The molecule has 0 bridgehead atoms. The van der Waals surface area contributed by atoms with Crippen LogP contribution in [-0.4, -0.2) is 53.1 Å². The van der Waals surface area contributed by atoms with Crippen LogP contribution in [-0.2, 0) is 0 Å². The van der Waals surface area contributed by atoms with Crippen molar-refractivity contribution >= 4 is 6.03 Å². The summed E-state index contributed by atoms with van der Waals surface area (Å²) >= 11 is 0. The molecule has 2 amide bonds. The fourth-order valence-electron chi connectivity index (χ4n) is 6.17. The molecule has 4 heteroatoms. The van der Waals surface area contributed by atoms with Crippen LogP contribution in [0.2, 0.25) is 0 Å². The van der Waals surface area contributed by atoms with E-state index in [1.807, 2.05) is 0 Å². The van der Waals surface area contributed by atoms with Crippen LogP contribution in [0, 0.1) is 5.92 Å². The highest BCUT2D eigenvalue weighted by Crippen LogP contribution is 2.35. The van der Waals surface area contributed by atoms with Gasteiger partial charge >= 0.3 is 6.03 Å². The Kier molecular flexibility index (Phi) is 5.54. The van der Waals surface area contributed by atoms with Crippen molar-refractivity contribution in [2.75, 3.05) is 13.1 Å². The highest BCUT2D eigenvalue weighted by molar-refractivity contribution is 5.78. The molecule has 1 N–H and O–H groups in total. The summed E-state index contributed by atoms with van der Waals surface area (Å²) in [5.74, 6) is 0.996. The van der Waals surface area contributed by atoms with Crippen molar-refractivity contribution in [3.05, 3.63) is 0 Å². The molecular weight excluding hydrogens is 310 g/mol. The Balaban J connectivity index is 1.28. The molecule has 142 valence electrons. The normalized spacial score (nSPS) is 37.8. The topological polar surface area (TPSA) is 35.6 Å². The summed E-state index contributed by atoms with van der Waals surface area (Å²) in [6, 6.07) is 2.47. The Bertz CT molecular complexity index is 452. The first-order valence-electron chi connectivity index (χ1n) is 11.1. The molecule has 25 heavy (non-hydrogen) atoms. The number of carbonyl (C=O) groups is 1. The number of carbonyl (C=O) groups excluding carboxylic acids is 1. The fraction of sp³-hybridized carbons (Fsp3) is 0.952. The Morgan fingerprint density at radius 3 is 2.36 bits per heavy atom. The molecule has 0 unspecified atom stereocenters. The summed E-state index contributed by atoms with van der Waals surface area (Å²) in [6.45, 7) is 4.73. The van der Waals surface area contributed by atoms with Crippen molar-refractivity contribution in [2.24, 2.45) is 5.92 Å². The van der Waals surface area contributed by atoms with Crippen LogP contribution >= 0.6 is 0 Å². The van der Waals surface area contributed by atoms with Crippen molar-refractivity contribution in [1.82, 2.24) is 15.1 Å². The lowest BCUT2D eigenvalue weighted by Crippen LogP contribution is -2.52. The van der Waals surface area contributed by atoms with E-state index in [1.54, 1.807) is 0 Å². The zero-order valence-corrected chi connectivity index (χ0v) is 16.1. The molecule has 2 heterocycles. The van der Waals surface area contributed by atoms with E-state index in [0.29, 0.717) is 18.1 Å². The van der Waals surface area contributed by atoms with Gasteiger partial charge in [0.1, 0.15) is 0 Å². The number of nitrogens with zero attached hydrogens (tertiary/aromatic N) is 2. The summed E-state index contributed by atoms with van der Waals surface area (Å²) in [6.07, 6.45) is 15.8. The number of likely N-dealkylation sites (tertiary alicyclic amines) is 1. The van der Waals surface area contributed by atoms with Gasteiger partial charge < -0.3 is 15.1 Å². The third-order valence-electron chi connectivity index (χ3n) is 7.55. The first kappa shape index (κ1) is 17.6. The largest absolute Gasteiger partial charge is 0.333 e. The molecule has 0 radical (unpaired) electrons. The van der Waals surface area contributed by atoms with E-state index in [4.69, 9.17) is 0 Å². The van der Waals surface area contributed by atoms with Crippen LogP contribution < -0.4 is 5.32 Å². The summed E-state index contributed by atoms with van der Waals surface area (Å²) < 4.78 is 0. The maximum atomic E-state index is 12.5. The van der Waals surface area contributed by atoms with Gasteiger partial charge in [0.25, 0.3) is 0 Å². The SMILES string of the molecule is CCCC1CCC(N2CCC(N3C(=O)N[C@@H]4CCCC[C@H]43)CC2)CC1. The van der Waals surface area contributed by atoms with Crippen molar-refractivity contribution < 1.29 is 4.79 Å². The summed E-state index contributed by atoms with van der Waals surface area (Å²) in [7, 11) is 0.